The van der Waals surface area contributed by atoms with Crippen molar-refractivity contribution in [3.05, 3.63) is 59.4 Å². The number of hydrogen-bond donors (Lipinski definition) is 2. The van der Waals surface area contributed by atoms with Gasteiger partial charge < -0.3 is 11.1 Å². The van der Waals surface area contributed by atoms with Crippen LogP contribution in [0.25, 0.3) is 0 Å². The normalized spacial score (nSPS) is 17.3. The van der Waals surface area contributed by atoms with Gasteiger partial charge in [-0.25, -0.2) is 4.98 Å². The summed E-state index contributed by atoms with van der Waals surface area (Å²) in [7, 11) is 0. The van der Waals surface area contributed by atoms with Crippen molar-refractivity contribution in [2.24, 2.45) is 0 Å². The van der Waals surface area contributed by atoms with Gasteiger partial charge in [0, 0.05) is 6.04 Å². The minimum atomic E-state index is -0.130. The van der Waals surface area contributed by atoms with Crippen molar-refractivity contribution in [2.45, 2.75) is 25.3 Å². The number of hydrogen-bond acceptors (Lipinski definition) is 3. The maximum atomic E-state index is 12.1. The van der Waals surface area contributed by atoms with Crippen molar-refractivity contribution in [3.8, 4) is 0 Å². The van der Waals surface area contributed by atoms with E-state index in [1.165, 1.54) is 17.3 Å². The van der Waals surface area contributed by atoms with Crippen molar-refractivity contribution in [2.75, 3.05) is 5.73 Å². The first-order valence-electron chi connectivity index (χ1n) is 6.81. The number of carbonyl (C=O) groups excluding carboxylic acids is 1. The molecule has 1 heterocycles. The SMILES string of the molecule is Nc1ccc(C(=O)NC2CCc3ccccc3C2)nc1. The first-order chi connectivity index (χ1) is 9.72. The molecule has 0 saturated carbocycles. The quantitative estimate of drug-likeness (QED) is 0.874. The molecule has 0 spiro atoms. The van der Waals surface area contributed by atoms with Crippen molar-refractivity contribution in [1.82, 2.24) is 10.3 Å². The minimum absolute atomic E-state index is 0.130. The summed E-state index contributed by atoms with van der Waals surface area (Å²) in [5.41, 5.74) is 9.27. The van der Waals surface area contributed by atoms with Gasteiger partial charge in [-0.2, -0.15) is 0 Å². The number of fused-ring (bicyclic) bond motifs is 1. The molecule has 4 heteroatoms. The van der Waals surface area contributed by atoms with Crippen molar-refractivity contribution in [3.63, 3.8) is 0 Å². The number of aryl methyl sites for hydroxylation is 1. The van der Waals surface area contributed by atoms with Crippen LogP contribution >= 0.6 is 0 Å². The third kappa shape index (κ3) is 2.64. The Bertz CT molecular complexity index is 622. The van der Waals surface area contributed by atoms with Crippen molar-refractivity contribution >= 4 is 11.6 Å². The second-order valence-corrected chi connectivity index (χ2v) is 5.16. The lowest BCUT2D eigenvalue weighted by atomic mass is 9.88. The van der Waals surface area contributed by atoms with Crippen LogP contribution in [0.2, 0.25) is 0 Å². The Hall–Kier alpha value is -2.36. The molecule has 20 heavy (non-hydrogen) atoms. The molecule has 1 aliphatic rings. The van der Waals surface area contributed by atoms with Gasteiger partial charge >= 0.3 is 0 Å². The third-order valence-corrected chi connectivity index (χ3v) is 3.70. The van der Waals surface area contributed by atoms with E-state index in [4.69, 9.17) is 5.73 Å². The van der Waals surface area contributed by atoms with Crippen LogP contribution in [0.4, 0.5) is 5.69 Å². The molecule has 1 amide bonds. The van der Waals surface area contributed by atoms with E-state index in [9.17, 15) is 4.79 Å². The van der Waals surface area contributed by atoms with Gasteiger partial charge in [0.05, 0.1) is 11.9 Å². The number of nitrogens with zero attached hydrogens (tertiary/aromatic N) is 1. The van der Waals surface area contributed by atoms with Crippen LogP contribution in [-0.4, -0.2) is 16.9 Å². The highest BCUT2D eigenvalue weighted by Crippen LogP contribution is 2.21. The Morgan fingerprint density at radius 3 is 2.75 bits per heavy atom. The van der Waals surface area contributed by atoms with E-state index < -0.39 is 0 Å². The van der Waals surface area contributed by atoms with Gasteiger partial charge in [0.25, 0.3) is 5.91 Å². The Morgan fingerprint density at radius 2 is 2.00 bits per heavy atom. The molecule has 1 atom stereocenters. The van der Waals surface area contributed by atoms with Gasteiger partial charge in [0.15, 0.2) is 0 Å². The Morgan fingerprint density at radius 1 is 1.20 bits per heavy atom. The summed E-state index contributed by atoms with van der Waals surface area (Å²) < 4.78 is 0. The maximum absolute atomic E-state index is 12.1. The van der Waals surface area contributed by atoms with Crippen LogP contribution in [0, 0.1) is 0 Å². The first kappa shape index (κ1) is 12.7. The molecule has 0 aliphatic heterocycles. The number of pyridine rings is 1. The lowest BCUT2D eigenvalue weighted by Gasteiger charge is -2.25. The average Bonchev–Trinajstić information content (AvgIpc) is 2.48. The fraction of sp³-hybridized carbons (Fsp3) is 0.250. The van der Waals surface area contributed by atoms with Gasteiger partial charge in [-0.05, 0) is 42.5 Å². The molecule has 1 unspecified atom stereocenters. The van der Waals surface area contributed by atoms with Crippen molar-refractivity contribution in [1.29, 1.82) is 0 Å². The molecule has 3 rings (SSSR count). The van der Waals surface area contributed by atoms with Crippen LogP contribution < -0.4 is 11.1 Å². The van der Waals surface area contributed by atoms with Gasteiger partial charge in [-0.15, -0.1) is 0 Å². The lowest BCUT2D eigenvalue weighted by Crippen LogP contribution is -2.39. The van der Waals surface area contributed by atoms with Crippen LogP contribution in [-0.2, 0) is 12.8 Å². The highest BCUT2D eigenvalue weighted by Gasteiger charge is 2.20. The molecule has 2 aromatic rings. The van der Waals surface area contributed by atoms with E-state index in [1.807, 2.05) is 6.07 Å². The summed E-state index contributed by atoms with van der Waals surface area (Å²) >= 11 is 0. The third-order valence-electron chi connectivity index (χ3n) is 3.70. The van der Waals surface area contributed by atoms with Crippen LogP contribution in [0.3, 0.4) is 0 Å². The number of aromatic nitrogens is 1. The number of benzene rings is 1. The number of nitrogens with two attached hydrogens (primary N) is 1. The molecule has 4 nitrogen and oxygen atoms in total. The van der Waals surface area contributed by atoms with E-state index in [-0.39, 0.29) is 11.9 Å². The molecule has 1 aromatic carbocycles. The van der Waals surface area contributed by atoms with Crippen molar-refractivity contribution < 1.29 is 4.79 Å². The summed E-state index contributed by atoms with van der Waals surface area (Å²) in [6.07, 6.45) is 4.37. The fourth-order valence-electron chi connectivity index (χ4n) is 2.62. The first-order valence-corrected chi connectivity index (χ1v) is 6.81. The molecular weight excluding hydrogens is 250 g/mol. The monoisotopic (exact) mass is 267 g/mol. The number of anilines is 1. The number of carbonyl (C=O) groups is 1. The van der Waals surface area contributed by atoms with Gasteiger partial charge in [-0.3, -0.25) is 4.79 Å². The maximum Gasteiger partial charge on any atom is 0.270 e. The number of amides is 1. The van der Waals surface area contributed by atoms with Gasteiger partial charge in [0.1, 0.15) is 5.69 Å². The van der Waals surface area contributed by atoms with E-state index >= 15 is 0 Å². The van der Waals surface area contributed by atoms with Crippen LogP contribution in [0.15, 0.2) is 42.6 Å². The number of nitrogens with one attached hydrogen (secondary N) is 1. The number of rotatable bonds is 2. The van der Waals surface area contributed by atoms with E-state index in [2.05, 4.69) is 28.5 Å². The van der Waals surface area contributed by atoms with E-state index in [0.717, 1.165) is 19.3 Å². The Kier molecular flexibility index (Phi) is 3.37. The zero-order valence-corrected chi connectivity index (χ0v) is 11.2. The predicted octanol–water partition coefficient (Wildman–Crippen LogP) is 1.95. The number of nitrogen functional groups attached to an aromatic ring is 1. The topological polar surface area (TPSA) is 68.0 Å². The van der Waals surface area contributed by atoms with E-state index in [1.54, 1.807) is 12.1 Å². The summed E-state index contributed by atoms with van der Waals surface area (Å²) in [4.78, 5) is 16.2. The Labute approximate surface area is 118 Å². The second-order valence-electron chi connectivity index (χ2n) is 5.16. The van der Waals surface area contributed by atoms with Gasteiger partial charge in [0.2, 0.25) is 0 Å². The minimum Gasteiger partial charge on any atom is -0.397 e. The predicted molar refractivity (Wildman–Crippen MR) is 78.4 cm³/mol. The molecule has 3 N–H and O–H groups in total. The average molecular weight is 267 g/mol. The van der Waals surface area contributed by atoms with Crippen LogP contribution in [0.1, 0.15) is 28.0 Å². The highest BCUT2D eigenvalue weighted by atomic mass is 16.1. The second kappa shape index (κ2) is 5.33. The fourth-order valence-corrected chi connectivity index (χ4v) is 2.62. The molecule has 0 bridgehead atoms. The standard InChI is InChI=1S/C16H17N3O/c17-13-6-8-15(18-10-13)16(20)19-14-7-5-11-3-1-2-4-12(11)9-14/h1-4,6,8,10,14H,5,7,9,17H2,(H,19,20). The van der Waals surface area contributed by atoms with Crippen LogP contribution in [0.5, 0.6) is 0 Å². The molecule has 0 radical (unpaired) electrons. The summed E-state index contributed by atoms with van der Waals surface area (Å²) in [5.74, 6) is -0.130. The summed E-state index contributed by atoms with van der Waals surface area (Å²) in [6, 6.07) is 11.9. The molecule has 1 aliphatic carbocycles. The Balaban J connectivity index is 1.67. The zero-order chi connectivity index (χ0) is 13.9. The molecule has 1 aromatic heterocycles. The summed E-state index contributed by atoms with van der Waals surface area (Å²) in [6.45, 7) is 0. The zero-order valence-electron chi connectivity index (χ0n) is 11.2. The van der Waals surface area contributed by atoms with E-state index in [0.29, 0.717) is 11.4 Å². The van der Waals surface area contributed by atoms with Gasteiger partial charge in [-0.1, -0.05) is 24.3 Å². The largest absolute Gasteiger partial charge is 0.397 e. The highest BCUT2D eigenvalue weighted by molar-refractivity contribution is 5.92. The molecular formula is C16H17N3O. The molecule has 0 fully saturated rings. The molecule has 102 valence electrons. The smallest absolute Gasteiger partial charge is 0.270 e. The lowest BCUT2D eigenvalue weighted by molar-refractivity contribution is 0.0928. The molecule has 0 saturated heterocycles. The summed E-state index contributed by atoms with van der Waals surface area (Å²) in [5, 5.41) is 3.05.